The van der Waals surface area contributed by atoms with Gasteiger partial charge in [-0.05, 0) is 31.0 Å². The molecule has 2 N–H and O–H groups in total. The number of aryl methyl sites for hydroxylation is 1. The Hall–Kier alpha value is -2.08. The van der Waals surface area contributed by atoms with Gasteiger partial charge in [0.05, 0.1) is 7.11 Å². The zero-order chi connectivity index (χ0) is 15.1. The Morgan fingerprint density at radius 1 is 1.29 bits per heavy atom. The Morgan fingerprint density at radius 2 is 2.14 bits per heavy atom. The van der Waals surface area contributed by atoms with Crippen molar-refractivity contribution in [3.8, 4) is 11.5 Å². The van der Waals surface area contributed by atoms with Crippen LogP contribution in [0.4, 0.5) is 0 Å². The second-order valence-electron chi connectivity index (χ2n) is 4.63. The molecule has 1 heterocycles. The predicted octanol–water partition coefficient (Wildman–Crippen LogP) is 2.11. The van der Waals surface area contributed by atoms with E-state index in [4.69, 9.17) is 19.7 Å². The molecule has 2 aromatic rings. The first-order chi connectivity index (χ1) is 10.3. The maximum Gasteiger partial charge on any atom is 0.226 e. The molecule has 0 saturated heterocycles. The van der Waals surface area contributed by atoms with Crippen LogP contribution in [0, 0.1) is 0 Å². The Bertz CT molecular complexity index is 569. The number of hydrogen-bond donors (Lipinski definition) is 1. The summed E-state index contributed by atoms with van der Waals surface area (Å²) in [4.78, 5) is 4.28. The number of para-hydroxylation sites is 1. The van der Waals surface area contributed by atoms with Gasteiger partial charge in [0.15, 0.2) is 18.1 Å². The van der Waals surface area contributed by atoms with Gasteiger partial charge in [0.2, 0.25) is 11.7 Å². The topological polar surface area (TPSA) is 83.4 Å². The second-order valence-corrected chi connectivity index (χ2v) is 4.63. The average molecular weight is 291 g/mol. The maximum atomic E-state index is 5.82. The summed E-state index contributed by atoms with van der Waals surface area (Å²) >= 11 is 0. The number of methoxy groups -OCH3 is 1. The van der Waals surface area contributed by atoms with Crippen LogP contribution in [0.5, 0.6) is 11.5 Å². The summed E-state index contributed by atoms with van der Waals surface area (Å²) in [6.45, 7) is 2.85. The first-order valence-electron chi connectivity index (χ1n) is 7.08. The lowest BCUT2D eigenvalue weighted by atomic mass is 10.1. The lowest BCUT2D eigenvalue weighted by Gasteiger charge is -2.13. The highest BCUT2D eigenvalue weighted by Gasteiger charge is 2.12. The molecule has 0 unspecified atom stereocenters. The highest BCUT2D eigenvalue weighted by molar-refractivity contribution is 5.46. The van der Waals surface area contributed by atoms with E-state index in [2.05, 4.69) is 17.1 Å². The first kappa shape index (κ1) is 15.3. The molecule has 114 valence electrons. The third kappa shape index (κ3) is 3.95. The average Bonchev–Trinajstić information content (AvgIpc) is 2.94. The quantitative estimate of drug-likeness (QED) is 0.802. The molecule has 21 heavy (non-hydrogen) atoms. The first-order valence-corrected chi connectivity index (χ1v) is 7.08. The summed E-state index contributed by atoms with van der Waals surface area (Å²) in [7, 11) is 1.61. The van der Waals surface area contributed by atoms with Crippen LogP contribution in [0.15, 0.2) is 22.7 Å². The molecule has 0 fully saturated rings. The number of nitrogens with zero attached hydrogens (tertiary/aromatic N) is 2. The van der Waals surface area contributed by atoms with Crippen molar-refractivity contribution in [2.24, 2.45) is 5.73 Å². The molecular formula is C15H21N3O3. The summed E-state index contributed by atoms with van der Waals surface area (Å²) in [5.74, 6) is 2.53. The fourth-order valence-electron chi connectivity index (χ4n) is 2.04. The molecule has 0 aliphatic heterocycles. The van der Waals surface area contributed by atoms with E-state index in [0.29, 0.717) is 29.8 Å². The van der Waals surface area contributed by atoms with E-state index in [1.807, 2.05) is 18.2 Å². The van der Waals surface area contributed by atoms with Crippen molar-refractivity contribution in [2.75, 3.05) is 13.7 Å². The van der Waals surface area contributed by atoms with Gasteiger partial charge in [-0.25, -0.2) is 0 Å². The van der Waals surface area contributed by atoms with Crippen LogP contribution >= 0.6 is 0 Å². The maximum absolute atomic E-state index is 5.82. The highest BCUT2D eigenvalue weighted by atomic mass is 16.5. The SMILES string of the molecule is CCCc1nc(COc2c(CCN)cccc2OC)no1. The van der Waals surface area contributed by atoms with Gasteiger partial charge < -0.3 is 19.7 Å². The third-order valence-electron chi connectivity index (χ3n) is 3.01. The van der Waals surface area contributed by atoms with Crippen molar-refractivity contribution in [1.29, 1.82) is 0 Å². The number of ether oxygens (including phenoxy) is 2. The molecule has 0 spiro atoms. The van der Waals surface area contributed by atoms with Crippen molar-refractivity contribution in [1.82, 2.24) is 10.1 Å². The van der Waals surface area contributed by atoms with E-state index in [0.717, 1.165) is 24.8 Å². The smallest absolute Gasteiger partial charge is 0.226 e. The molecule has 0 aliphatic rings. The molecule has 0 radical (unpaired) electrons. The zero-order valence-corrected chi connectivity index (χ0v) is 12.5. The second kappa shape index (κ2) is 7.64. The molecule has 1 aromatic carbocycles. The summed E-state index contributed by atoms with van der Waals surface area (Å²) < 4.78 is 16.3. The van der Waals surface area contributed by atoms with Gasteiger partial charge in [-0.3, -0.25) is 0 Å². The Balaban J connectivity index is 2.10. The van der Waals surface area contributed by atoms with Gasteiger partial charge in [-0.1, -0.05) is 24.2 Å². The van der Waals surface area contributed by atoms with E-state index >= 15 is 0 Å². The molecule has 0 saturated carbocycles. The summed E-state index contributed by atoms with van der Waals surface area (Å²) in [5.41, 5.74) is 6.64. The van der Waals surface area contributed by atoms with Gasteiger partial charge >= 0.3 is 0 Å². The van der Waals surface area contributed by atoms with Crippen molar-refractivity contribution >= 4 is 0 Å². The molecule has 1 aromatic heterocycles. The van der Waals surface area contributed by atoms with Gasteiger partial charge in [-0.2, -0.15) is 4.98 Å². The lowest BCUT2D eigenvalue weighted by Crippen LogP contribution is -2.07. The van der Waals surface area contributed by atoms with Crippen molar-refractivity contribution < 1.29 is 14.0 Å². The molecule has 0 atom stereocenters. The molecule has 0 aliphatic carbocycles. The minimum atomic E-state index is 0.241. The number of nitrogens with two attached hydrogens (primary N) is 1. The fourth-order valence-corrected chi connectivity index (χ4v) is 2.04. The Labute approximate surface area is 124 Å². The van der Waals surface area contributed by atoms with Crippen LogP contribution < -0.4 is 15.2 Å². The molecule has 2 rings (SSSR count). The molecule has 6 heteroatoms. The van der Waals surface area contributed by atoms with E-state index in [1.165, 1.54) is 0 Å². The molecule has 0 bridgehead atoms. The highest BCUT2D eigenvalue weighted by Crippen LogP contribution is 2.31. The largest absolute Gasteiger partial charge is 0.493 e. The summed E-state index contributed by atoms with van der Waals surface area (Å²) in [6.07, 6.45) is 2.47. The molecule has 6 nitrogen and oxygen atoms in total. The Morgan fingerprint density at radius 3 is 2.86 bits per heavy atom. The van der Waals surface area contributed by atoms with E-state index < -0.39 is 0 Å². The number of rotatable bonds is 8. The van der Waals surface area contributed by atoms with Gasteiger partial charge in [0.1, 0.15) is 0 Å². The van der Waals surface area contributed by atoms with Crippen LogP contribution in [0.2, 0.25) is 0 Å². The van der Waals surface area contributed by atoms with E-state index in [9.17, 15) is 0 Å². The van der Waals surface area contributed by atoms with Crippen molar-refractivity contribution in [2.45, 2.75) is 32.8 Å². The van der Waals surface area contributed by atoms with Crippen LogP contribution in [0.1, 0.15) is 30.6 Å². The van der Waals surface area contributed by atoms with Crippen LogP contribution in [-0.2, 0) is 19.4 Å². The minimum Gasteiger partial charge on any atom is -0.493 e. The van der Waals surface area contributed by atoms with Gasteiger partial charge in [0, 0.05) is 6.42 Å². The summed E-state index contributed by atoms with van der Waals surface area (Å²) in [6, 6.07) is 5.75. The molecular weight excluding hydrogens is 270 g/mol. The van der Waals surface area contributed by atoms with Crippen molar-refractivity contribution in [3.63, 3.8) is 0 Å². The lowest BCUT2D eigenvalue weighted by molar-refractivity contribution is 0.266. The number of aromatic nitrogens is 2. The van der Waals surface area contributed by atoms with Gasteiger partial charge in [-0.15, -0.1) is 0 Å². The minimum absolute atomic E-state index is 0.241. The number of hydrogen-bond acceptors (Lipinski definition) is 6. The zero-order valence-electron chi connectivity index (χ0n) is 12.5. The monoisotopic (exact) mass is 291 g/mol. The van der Waals surface area contributed by atoms with Gasteiger partial charge in [0.25, 0.3) is 0 Å². The van der Waals surface area contributed by atoms with Crippen LogP contribution in [-0.4, -0.2) is 23.8 Å². The Kier molecular flexibility index (Phi) is 5.57. The van der Waals surface area contributed by atoms with Crippen LogP contribution in [0.3, 0.4) is 0 Å². The standard InChI is InChI=1S/C15H21N3O3/c1-3-5-14-17-13(18-21-14)10-20-15-11(8-9-16)6-4-7-12(15)19-2/h4,6-7H,3,5,8-10,16H2,1-2H3. The fraction of sp³-hybridized carbons (Fsp3) is 0.467. The van der Waals surface area contributed by atoms with E-state index in [-0.39, 0.29) is 6.61 Å². The third-order valence-corrected chi connectivity index (χ3v) is 3.01. The van der Waals surface area contributed by atoms with Crippen LogP contribution in [0.25, 0.3) is 0 Å². The van der Waals surface area contributed by atoms with Crippen molar-refractivity contribution in [3.05, 3.63) is 35.5 Å². The number of benzene rings is 1. The normalized spacial score (nSPS) is 10.6. The summed E-state index contributed by atoms with van der Waals surface area (Å²) in [5, 5.41) is 3.90. The predicted molar refractivity (Wildman–Crippen MR) is 78.4 cm³/mol. The molecule has 0 amide bonds. The van der Waals surface area contributed by atoms with E-state index in [1.54, 1.807) is 7.11 Å².